The number of aliphatic carboxylic acids is 1. The Kier molecular flexibility index (Phi) is 3.37. The maximum Gasteiger partial charge on any atom is 0.308 e. The summed E-state index contributed by atoms with van der Waals surface area (Å²) in [6, 6.07) is 3.77. The molecule has 0 fully saturated rings. The minimum atomic E-state index is -0.812. The molecule has 3 rings (SSSR count). The first kappa shape index (κ1) is 13.0. The van der Waals surface area contributed by atoms with Crippen LogP contribution in [0.25, 0.3) is 21.1 Å². The van der Waals surface area contributed by atoms with Crippen LogP contribution in [0.2, 0.25) is 0 Å². The summed E-state index contributed by atoms with van der Waals surface area (Å²) in [4.78, 5) is 17.1. The first-order valence-corrected chi connectivity index (χ1v) is 7.57. The molecule has 0 unspecified atom stereocenters. The van der Waals surface area contributed by atoms with Gasteiger partial charge in [-0.3, -0.25) is 9.48 Å². The van der Waals surface area contributed by atoms with Gasteiger partial charge in [0, 0.05) is 29.1 Å². The maximum absolute atomic E-state index is 10.7. The van der Waals surface area contributed by atoms with Crippen LogP contribution >= 0.6 is 22.7 Å². The van der Waals surface area contributed by atoms with Gasteiger partial charge in [0.2, 0.25) is 0 Å². The van der Waals surface area contributed by atoms with Gasteiger partial charge in [-0.25, -0.2) is 4.98 Å². The van der Waals surface area contributed by atoms with E-state index in [9.17, 15) is 4.79 Å². The molecule has 3 aromatic heterocycles. The smallest absolute Gasteiger partial charge is 0.308 e. The van der Waals surface area contributed by atoms with Crippen LogP contribution in [0, 0.1) is 0 Å². The number of hydrogen-bond acceptors (Lipinski definition) is 5. The average Bonchev–Trinajstić information content (AvgIpc) is 3.06. The van der Waals surface area contributed by atoms with Crippen LogP contribution in [0.1, 0.15) is 4.88 Å². The molecule has 7 heteroatoms. The first-order valence-electron chi connectivity index (χ1n) is 5.87. The van der Waals surface area contributed by atoms with Crippen molar-refractivity contribution < 1.29 is 9.90 Å². The zero-order valence-corrected chi connectivity index (χ0v) is 12.2. The molecule has 0 aliphatic heterocycles. The van der Waals surface area contributed by atoms with Crippen molar-refractivity contribution in [2.24, 2.45) is 7.05 Å². The maximum atomic E-state index is 10.7. The van der Waals surface area contributed by atoms with Crippen LogP contribution in [0.4, 0.5) is 0 Å². The number of carboxylic acid groups (broad SMARTS) is 1. The van der Waals surface area contributed by atoms with E-state index < -0.39 is 5.97 Å². The van der Waals surface area contributed by atoms with Gasteiger partial charge in [0.25, 0.3) is 0 Å². The number of thiazole rings is 1. The van der Waals surface area contributed by atoms with E-state index >= 15 is 0 Å². The molecule has 102 valence electrons. The van der Waals surface area contributed by atoms with Gasteiger partial charge in [-0.15, -0.1) is 22.7 Å². The van der Waals surface area contributed by atoms with Crippen molar-refractivity contribution in [1.82, 2.24) is 14.8 Å². The van der Waals surface area contributed by atoms with Crippen LogP contribution < -0.4 is 0 Å². The van der Waals surface area contributed by atoms with Crippen molar-refractivity contribution in [3.63, 3.8) is 0 Å². The highest BCUT2D eigenvalue weighted by Gasteiger charge is 2.11. The highest BCUT2D eigenvalue weighted by atomic mass is 32.1. The Morgan fingerprint density at radius 2 is 2.30 bits per heavy atom. The minimum Gasteiger partial charge on any atom is -0.481 e. The molecule has 0 aromatic carbocycles. The number of hydrogen-bond donors (Lipinski definition) is 1. The molecule has 3 heterocycles. The molecule has 0 radical (unpaired) electrons. The second-order valence-corrected chi connectivity index (χ2v) is 6.30. The lowest BCUT2D eigenvalue weighted by Crippen LogP contribution is -1.96. The number of aryl methyl sites for hydroxylation is 1. The molecule has 0 atom stereocenters. The van der Waals surface area contributed by atoms with Crippen LogP contribution in [0.15, 0.2) is 29.9 Å². The number of carboxylic acids is 1. The predicted octanol–water partition coefficient (Wildman–Crippen LogP) is 2.90. The Balaban J connectivity index is 1.86. The van der Waals surface area contributed by atoms with Gasteiger partial charge in [-0.1, -0.05) is 0 Å². The molecular formula is C13H11N3O2S2. The molecule has 0 spiro atoms. The molecular weight excluding hydrogens is 294 g/mol. The second kappa shape index (κ2) is 5.18. The Bertz CT molecular complexity index is 757. The number of aromatic nitrogens is 3. The number of rotatable bonds is 4. The molecule has 20 heavy (non-hydrogen) atoms. The summed E-state index contributed by atoms with van der Waals surface area (Å²) < 4.78 is 1.74. The topological polar surface area (TPSA) is 68.0 Å². The van der Waals surface area contributed by atoms with Crippen LogP contribution in [-0.2, 0) is 18.3 Å². The summed E-state index contributed by atoms with van der Waals surface area (Å²) in [7, 11) is 1.87. The van der Waals surface area contributed by atoms with E-state index in [-0.39, 0.29) is 6.42 Å². The van der Waals surface area contributed by atoms with E-state index in [1.165, 1.54) is 11.3 Å². The molecule has 0 amide bonds. The Labute approximate surface area is 123 Å². The second-order valence-electron chi connectivity index (χ2n) is 4.28. The predicted molar refractivity (Wildman–Crippen MR) is 79.0 cm³/mol. The lowest BCUT2D eigenvalue weighted by molar-refractivity contribution is -0.136. The van der Waals surface area contributed by atoms with Crippen LogP contribution in [-0.4, -0.2) is 25.8 Å². The van der Waals surface area contributed by atoms with Crippen molar-refractivity contribution in [1.29, 1.82) is 0 Å². The van der Waals surface area contributed by atoms with Crippen molar-refractivity contribution >= 4 is 28.6 Å². The fourth-order valence-electron chi connectivity index (χ4n) is 1.81. The van der Waals surface area contributed by atoms with E-state index in [0.29, 0.717) is 0 Å². The summed E-state index contributed by atoms with van der Waals surface area (Å²) >= 11 is 3.03. The van der Waals surface area contributed by atoms with Crippen molar-refractivity contribution in [2.45, 2.75) is 6.42 Å². The summed E-state index contributed by atoms with van der Waals surface area (Å²) in [5, 5.41) is 15.8. The van der Waals surface area contributed by atoms with Gasteiger partial charge in [-0.05, 0) is 12.1 Å². The Hall–Kier alpha value is -1.99. The van der Waals surface area contributed by atoms with Gasteiger partial charge < -0.3 is 5.11 Å². The summed E-state index contributed by atoms with van der Waals surface area (Å²) in [5.41, 5.74) is 1.88. The standard InChI is InChI=1S/C13H11N3O2S2/c1-16-6-8(5-14-16)13-15-10(7-19-13)11-3-2-9(20-11)4-12(17)18/h2-3,5-7H,4H2,1H3,(H,17,18). The third-order valence-corrected chi connectivity index (χ3v) is 4.69. The Morgan fingerprint density at radius 1 is 1.45 bits per heavy atom. The van der Waals surface area contributed by atoms with Gasteiger partial charge in [0.1, 0.15) is 5.01 Å². The average molecular weight is 305 g/mol. The highest BCUT2D eigenvalue weighted by Crippen LogP contribution is 2.32. The molecule has 0 aliphatic carbocycles. The fraction of sp³-hybridized carbons (Fsp3) is 0.154. The van der Waals surface area contributed by atoms with E-state index in [1.54, 1.807) is 22.2 Å². The zero-order chi connectivity index (χ0) is 14.1. The third-order valence-electron chi connectivity index (χ3n) is 2.70. The minimum absolute atomic E-state index is 0.0598. The van der Waals surface area contributed by atoms with Crippen molar-refractivity contribution in [3.8, 4) is 21.1 Å². The SMILES string of the molecule is Cn1cc(-c2nc(-c3ccc(CC(=O)O)s3)cs2)cn1. The van der Waals surface area contributed by atoms with Crippen molar-refractivity contribution in [3.05, 3.63) is 34.8 Å². The molecule has 3 aromatic rings. The molecule has 5 nitrogen and oxygen atoms in total. The van der Waals surface area contributed by atoms with Crippen molar-refractivity contribution in [2.75, 3.05) is 0 Å². The van der Waals surface area contributed by atoms with Gasteiger partial charge in [-0.2, -0.15) is 5.10 Å². The Morgan fingerprint density at radius 3 is 3.00 bits per heavy atom. The lowest BCUT2D eigenvalue weighted by Gasteiger charge is -1.90. The van der Waals surface area contributed by atoms with E-state index in [4.69, 9.17) is 5.11 Å². The molecule has 0 saturated heterocycles. The van der Waals surface area contributed by atoms with E-state index in [0.717, 1.165) is 26.0 Å². The molecule has 0 bridgehead atoms. The number of nitrogens with zero attached hydrogens (tertiary/aromatic N) is 3. The highest BCUT2D eigenvalue weighted by molar-refractivity contribution is 7.16. The van der Waals surface area contributed by atoms with Crippen LogP contribution in [0.3, 0.4) is 0 Å². The molecule has 1 N–H and O–H groups in total. The molecule has 0 saturated carbocycles. The number of thiophene rings is 1. The largest absolute Gasteiger partial charge is 0.481 e. The summed E-state index contributed by atoms with van der Waals surface area (Å²) in [6.07, 6.45) is 3.77. The van der Waals surface area contributed by atoms with E-state index in [1.807, 2.05) is 30.8 Å². The van der Waals surface area contributed by atoms with Gasteiger partial charge in [0.05, 0.1) is 23.2 Å². The van der Waals surface area contributed by atoms with E-state index in [2.05, 4.69) is 10.1 Å². The van der Waals surface area contributed by atoms with Crippen LogP contribution in [0.5, 0.6) is 0 Å². The molecule has 0 aliphatic rings. The lowest BCUT2D eigenvalue weighted by atomic mass is 10.3. The normalized spacial score (nSPS) is 10.8. The third kappa shape index (κ3) is 2.63. The summed E-state index contributed by atoms with van der Waals surface area (Å²) in [6.45, 7) is 0. The quantitative estimate of drug-likeness (QED) is 0.804. The summed E-state index contributed by atoms with van der Waals surface area (Å²) in [5.74, 6) is -0.812. The number of carbonyl (C=O) groups is 1. The zero-order valence-electron chi connectivity index (χ0n) is 10.6. The monoisotopic (exact) mass is 305 g/mol. The van der Waals surface area contributed by atoms with Gasteiger partial charge >= 0.3 is 5.97 Å². The first-order chi connectivity index (χ1) is 9.61. The fourth-order valence-corrected chi connectivity index (χ4v) is 3.64. The van der Waals surface area contributed by atoms with Gasteiger partial charge in [0.15, 0.2) is 0 Å².